The minimum absolute atomic E-state index is 0.281. The molecule has 0 radical (unpaired) electrons. The second-order valence-corrected chi connectivity index (χ2v) is 7.04. The lowest BCUT2D eigenvalue weighted by Crippen LogP contribution is -2.38. The first-order chi connectivity index (χ1) is 13.1. The fourth-order valence-electron chi connectivity index (χ4n) is 3.01. The number of hydrogen-bond donors (Lipinski definition) is 2. The second kappa shape index (κ2) is 11.8. The van der Waals surface area contributed by atoms with Crippen molar-refractivity contribution in [1.29, 1.82) is 0 Å². The summed E-state index contributed by atoms with van der Waals surface area (Å²) < 4.78 is 17.0. The number of aliphatic imine (C=N–C) groups is 1. The van der Waals surface area contributed by atoms with Crippen molar-refractivity contribution < 1.29 is 14.2 Å². The van der Waals surface area contributed by atoms with Crippen molar-refractivity contribution in [3.63, 3.8) is 0 Å². The van der Waals surface area contributed by atoms with Crippen molar-refractivity contribution in [1.82, 2.24) is 10.6 Å². The lowest BCUT2D eigenvalue weighted by molar-refractivity contribution is 0.0420. The highest BCUT2D eigenvalue weighted by Crippen LogP contribution is 2.23. The van der Waals surface area contributed by atoms with Crippen LogP contribution in [0, 0.1) is 20.8 Å². The van der Waals surface area contributed by atoms with Crippen molar-refractivity contribution in [3.8, 4) is 5.75 Å². The Morgan fingerprint density at radius 2 is 1.89 bits per heavy atom. The van der Waals surface area contributed by atoms with Crippen LogP contribution in [0.15, 0.2) is 17.1 Å². The molecule has 27 heavy (non-hydrogen) atoms. The first-order valence-corrected chi connectivity index (χ1v) is 9.94. The molecule has 2 rings (SSSR count). The number of aryl methyl sites for hydroxylation is 2. The topological polar surface area (TPSA) is 64.1 Å². The van der Waals surface area contributed by atoms with Crippen LogP contribution < -0.4 is 15.4 Å². The van der Waals surface area contributed by atoms with Gasteiger partial charge in [0, 0.05) is 33.4 Å². The molecular formula is C21H35N3O3. The molecule has 0 aromatic heterocycles. The Morgan fingerprint density at radius 1 is 1.15 bits per heavy atom. The number of ether oxygens (including phenoxy) is 3. The third-order valence-corrected chi connectivity index (χ3v) is 4.71. The van der Waals surface area contributed by atoms with E-state index < -0.39 is 0 Å². The van der Waals surface area contributed by atoms with Gasteiger partial charge < -0.3 is 24.8 Å². The average molecular weight is 378 g/mol. The predicted molar refractivity (Wildman–Crippen MR) is 110 cm³/mol. The zero-order valence-electron chi connectivity index (χ0n) is 17.3. The van der Waals surface area contributed by atoms with Gasteiger partial charge in [-0.15, -0.1) is 0 Å². The quantitative estimate of drug-likeness (QED) is 0.373. The third-order valence-electron chi connectivity index (χ3n) is 4.71. The Kier molecular flexibility index (Phi) is 9.42. The van der Waals surface area contributed by atoms with E-state index in [0.717, 1.165) is 63.9 Å². The summed E-state index contributed by atoms with van der Waals surface area (Å²) in [6.07, 6.45) is 3.16. The summed E-state index contributed by atoms with van der Waals surface area (Å²) in [4.78, 5) is 4.25. The SMILES string of the molecule is CN=C(NCCCOc1cc(C)cc(C)c1C)NCCCOC1CCOC1. The van der Waals surface area contributed by atoms with Gasteiger partial charge in [0.15, 0.2) is 5.96 Å². The van der Waals surface area contributed by atoms with Gasteiger partial charge in [0.25, 0.3) is 0 Å². The van der Waals surface area contributed by atoms with E-state index >= 15 is 0 Å². The van der Waals surface area contributed by atoms with E-state index in [1.54, 1.807) is 7.05 Å². The summed E-state index contributed by atoms with van der Waals surface area (Å²) in [5.41, 5.74) is 3.73. The Labute approximate surface area is 163 Å². The molecule has 6 heteroatoms. The van der Waals surface area contributed by atoms with Crippen molar-refractivity contribution in [2.45, 2.75) is 46.1 Å². The van der Waals surface area contributed by atoms with Crippen molar-refractivity contribution >= 4 is 5.96 Å². The summed E-state index contributed by atoms with van der Waals surface area (Å²) in [6, 6.07) is 4.29. The molecular weight excluding hydrogens is 342 g/mol. The van der Waals surface area contributed by atoms with E-state index in [1.165, 1.54) is 16.7 Å². The van der Waals surface area contributed by atoms with Gasteiger partial charge in [0.2, 0.25) is 0 Å². The fraction of sp³-hybridized carbons (Fsp3) is 0.667. The molecule has 0 aliphatic carbocycles. The minimum atomic E-state index is 0.281. The van der Waals surface area contributed by atoms with Crippen LogP contribution in [0.5, 0.6) is 5.75 Å². The minimum Gasteiger partial charge on any atom is -0.493 e. The Balaban J connectivity index is 1.54. The van der Waals surface area contributed by atoms with E-state index in [2.05, 4.69) is 48.5 Å². The highest BCUT2D eigenvalue weighted by molar-refractivity contribution is 5.79. The maximum atomic E-state index is 5.95. The standard InChI is InChI=1S/C21H35N3O3/c1-16-13-17(2)18(3)20(14-16)27-11-6-9-24-21(22-4)23-8-5-10-26-19-7-12-25-15-19/h13-14,19H,5-12,15H2,1-4H3,(H2,22,23,24). The summed E-state index contributed by atoms with van der Waals surface area (Å²) in [5, 5.41) is 6.64. The second-order valence-electron chi connectivity index (χ2n) is 7.04. The zero-order chi connectivity index (χ0) is 19.5. The number of rotatable bonds is 10. The van der Waals surface area contributed by atoms with E-state index in [4.69, 9.17) is 14.2 Å². The lowest BCUT2D eigenvalue weighted by Gasteiger charge is -2.14. The summed E-state index contributed by atoms with van der Waals surface area (Å²) >= 11 is 0. The number of hydrogen-bond acceptors (Lipinski definition) is 4. The summed E-state index contributed by atoms with van der Waals surface area (Å²) in [5.74, 6) is 1.81. The molecule has 1 aliphatic heterocycles. The summed E-state index contributed by atoms with van der Waals surface area (Å²) in [7, 11) is 1.79. The lowest BCUT2D eigenvalue weighted by atomic mass is 10.1. The molecule has 2 N–H and O–H groups in total. The van der Waals surface area contributed by atoms with E-state index in [1.807, 2.05) is 0 Å². The molecule has 0 saturated carbocycles. The Morgan fingerprint density at radius 3 is 2.56 bits per heavy atom. The maximum absolute atomic E-state index is 5.95. The van der Waals surface area contributed by atoms with Crippen LogP contribution in [-0.4, -0.2) is 58.6 Å². The van der Waals surface area contributed by atoms with Crippen LogP contribution in [0.25, 0.3) is 0 Å². The van der Waals surface area contributed by atoms with Crippen molar-refractivity contribution in [3.05, 3.63) is 28.8 Å². The van der Waals surface area contributed by atoms with Gasteiger partial charge in [-0.05, 0) is 62.8 Å². The first-order valence-electron chi connectivity index (χ1n) is 9.94. The number of guanidine groups is 1. The largest absolute Gasteiger partial charge is 0.493 e. The molecule has 1 aromatic rings. The zero-order valence-corrected chi connectivity index (χ0v) is 17.3. The van der Waals surface area contributed by atoms with Crippen LogP contribution in [0.4, 0.5) is 0 Å². The molecule has 1 fully saturated rings. The van der Waals surface area contributed by atoms with Crippen molar-refractivity contribution in [2.24, 2.45) is 4.99 Å². The van der Waals surface area contributed by atoms with Crippen LogP contribution in [-0.2, 0) is 9.47 Å². The van der Waals surface area contributed by atoms with E-state index in [-0.39, 0.29) is 6.10 Å². The summed E-state index contributed by atoms with van der Waals surface area (Å²) in [6.45, 7) is 11.0. The van der Waals surface area contributed by atoms with Gasteiger partial charge >= 0.3 is 0 Å². The smallest absolute Gasteiger partial charge is 0.190 e. The monoisotopic (exact) mass is 377 g/mol. The van der Waals surface area contributed by atoms with Gasteiger partial charge in [-0.2, -0.15) is 0 Å². The van der Waals surface area contributed by atoms with E-state index in [0.29, 0.717) is 6.61 Å². The van der Waals surface area contributed by atoms with Gasteiger partial charge in [-0.25, -0.2) is 0 Å². The van der Waals surface area contributed by atoms with Crippen LogP contribution in [0.1, 0.15) is 36.0 Å². The fourth-order valence-corrected chi connectivity index (χ4v) is 3.01. The molecule has 1 aromatic carbocycles. The Hall–Kier alpha value is -1.79. The van der Waals surface area contributed by atoms with E-state index in [9.17, 15) is 0 Å². The molecule has 0 bridgehead atoms. The molecule has 0 spiro atoms. The molecule has 1 atom stereocenters. The highest BCUT2D eigenvalue weighted by atomic mass is 16.5. The van der Waals surface area contributed by atoms with Crippen molar-refractivity contribution in [2.75, 3.05) is 46.6 Å². The molecule has 1 unspecified atom stereocenters. The predicted octanol–water partition coefficient (Wildman–Crippen LogP) is 2.74. The maximum Gasteiger partial charge on any atom is 0.190 e. The average Bonchev–Trinajstić information content (AvgIpc) is 3.16. The number of benzene rings is 1. The van der Waals surface area contributed by atoms with Gasteiger partial charge in [-0.1, -0.05) is 6.07 Å². The molecule has 152 valence electrons. The highest BCUT2D eigenvalue weighted by Gasteiger charge is 2.15. The Bertz CT molecular complexity index is 599. The molecule has 1 heterocycles. The molecule has 1 aliphatic rings. The number of nitrogens with zero attached hydrogens (tertiary/aromatic N) is 1. The first kappa shape index (κ1) is 21.5. The molecule has 1 saturated heterocycles. The van der Waals surface area contributed by atoms with Gasteiger partial charge in [0.1, 0.15) is 5.75 Å². The van der Waals surface area contributed by atoms with Crippen LogP contribution in [0.3, 0.4) is 0 Å². The molecule has 6 nitrogen and oxygen atoms in total. The van der Waals surface area contributed by atoms with Crippen LogP contribution in [0.2, 0.25) is 0 Å². The molecule has 0 amide bonds. The third kappa shape index (κ3) is 7.77. The van der Waals surface area contributed by atoms with Gasteiger partial charge in [0.05, 0.1) is 19.3 Å². The number of nitrogens with one attached hydrogen (secondary N) is 2. The van der Waals surface area contributed by atoms with Gasteiger partial charge in [-0.3, -0.25) is 4.99 Å². The van der Waals surface area contributed by atoms with Crippen LogP contribution >= 0.6 is 0 Å². The normalized spacial score (nSPS) is 17.2.